The van der Waals surface area contributed by atoms with E-state index < -0.39 is 33.8 Å². The van der Waals surface area contributed by atoms with Crippen LogP contribution in [0.2, 0.25) is 0 Å². The molecule has 0 heterocycles. The zero-order valence-corrected chi connectivity index (χ0v) is 14.6. The molecular weight excluding hydrogens is 322 g/mol. The van der Waals surface area contributed by atoms with Crippen molar-refractivity contribution in [2.24, 2.45) is 0 Å². The Morgan fingerprint density at radius 2 is 1.43 bits per heavy atom. The summed E-state index contributed by atoms with van der Waals surface area (Å²) in [5.74, 6) is -3.02. The lowest BCUT2D eigenvalue weighted by Gasteiger charge is -2.12. The number of unbranched alkanes of at least 4 members (excludes halogenated alkanes) is 8. The largest absolute Gasteiger partial charge is 0.480 e. The third-order valence-electron chi connectivity index (χ3n) is 3.52. The van der Waals surface area contributed by atoms with Crippen LogP contribution in [-0.4, -0.2) is 41.7 Å². The van der Waals surface area contributed by atoms with Crippen molar-refractivity contribution in [2.45, 2.75) is 77.2 Å². The minimum Gasteiger partial charge on any atom is -0.480 e. The highest BCUT2D eigenvalue weighted by molar-refractivity contribution is 7.85. The molecule has 0 aliphatic heterocycles. The van der Waals surface area contributed by atoms with Crippen LogP contribution in [0.25, 0.3) is 0 Å². The topological polar surface area (TPSA) is 121 Å². The quantitative estimate of drug-likeness (QED) is 0.326. The molecule has 0 fully saturated rings. The maximum absolute atomic E-state index is 11.6. The van der Waals surface area contributed by atoms with Crippen molar-refractivity contribution in [1.82, 2.24) is 5.32 Å². The van der Waals surface area contributed by atoms with Crippen molar-refractivity contribution in [3.63, 3.8) is 0 Å². The maximum atomic E-state index is 11.6. The van der Waals surface area contributed by atoms with E-state index >= 15 is 0 Å². The molecule has 0 bridgehead atoms. The van der Waals surface area contributed by atoms with Crippen molar-refractivity contribution in [2.75, 3.05) is 5.75 Å². The van der Waals surface area contributed by atoms with Crippen molar-refractivity contribution in [3.8, 4) is 0 Å². The highest BCUT2D eigenvalue weighted by Crippen LogP contribution is 2.10. The molecule has 8 heteroatoms. The van der Waals surface area contributed by atoms with Crippen LogP contribution in [0.3, 0.4) is 0 Å². The second kappa shape index (κ2) is 12.3. The lowest BCUT2D eigenvalue weighted by Crippen LogP contribution is -2.45. The first kappa shape index (κ1) is 21.9. The molecule has 7 nitrogen and oxygen atoms in total. The van der Waals surface area contributed by atoms with E-state index in [9.17, 15) is 18.0 Å². The summed E-state index contributed by atoms with van der Waals surface area (Å²) in [5, 5.41) is 10.9. The summed E-state index contributed by atoms with van der Waals surface area (Å²) < 4.78 is 30.0. The second-order valence-electron chi connectivity index (χ2n) is 5.79. The number of carbonyl (C=O) groups is 2. The van der Waals surface area contributed by atoms with Gasteiger partial charge in [-0.1, -0.05) is 58.3 Å². The van der Waals surface area contributed by atoms with E-state index in [2.05, 4.69) is 12.2 Å². The first-order valence-electron chi connectivity index (χ1n) is 8.23. The molecule has 1 amide bonds. The van der Waals surface area contributed by atoms with E-state index in [1.54, 1.807) is 0 Å². The Morgan fingerprint density at radius 3 is 1.87 bits per heavy atom. The van der Waals surface area contributed by atoms with Crippen LogP contribution in [0.1, 0.15) is 71.1 Å². The molecule has 136 valence electrons. The van der Waals surface area contributed by atoms with Crippen LogP contribution in [-0.2, 0) is 19.7 Å². The fourth-order valence-electron chi connectivity index (χ4n) is 2.25. The van der Waals surface area contributed by atoms with Gasteiger partial charge in [0.1, 0.15) is 11.8 Å². The summed E-state index contributed by atoms with van der Waals surface area (Å²) in [5.41, 5.74) is 0. The van der Waals surface area contributed by atoms with Gasteiger partial charge < -0.3 is 10.4 Å². The van der Waals surface area contributed by atoms with Gasteiger partial charge in [-0.25, -0.2) is 4.79 Å². The fraction of sp³-hybridized carbons (Fsp3) is 0.867. The monoisotopic (exact) mass is 351 g/mol. The van der Waals surface area contributed by atoms with Gasteiger partial charge in [0.25, 0.3) is 10.1 Å². The van der Waals surface area contributed by atoms with Gasteiger partial charge in [0.05, 0.1) is 0 Å². The average molecular weight is 351 g/mol. The Hall–Kier alpha value is -1.15. The minimum atomic E-state index is -4.45. The van der Waals surface area contributed by atoms with Crippen LogP contribution in [0, 0.1) is 0 Å². The van der Waals surface area contributed by atoms with Gasteiger partial charge in [-0.3, -0.25) is 9.35 Å². The van der Waals surface area contributed by atoms with Gasteiger partial charge >= 0.3 is 5.97 Å². The SMILES string of the molecule is CCCCCCCCCCCC(=O)NC(CS(=O)(=O)O)C(=O)O. The summed E-state index contributed by atoms with van der Waals surface area (Å²) in [6.45, 7) is 2.18. The standard InChI is InChI=1S/C15H29NO6S/c1-2-3-4-5-6-7-8-9-10-11-14(17)16-13(15(18)19)12-23(20,21)22/h13H,2-12H2,1H3,(H,16,17)(H,18,19)(H,20,21,22). The average Bonchev–Trinajstić information content (AvgIpc) is 2.43. The highest BCUT2D eigenvalue weighted by Gasteiger charge is 2.25. The Balaban J connectivity index is 3.78. The first-order valence-corrected chi connectivity index (χ1v) is 9.84. The normalized spacial score (nSPS) is 12.8. The predicted octanol–water partition coefficient (Wildman–Crippen LogP) is 2.36. The molecule has 0 rings (SSSR count). The molecule has 3 N–H and O–H groups in total. The van der Waals surface area contributed by atoms with Gasteiger partial charge in [-0.15, -0.1) is 0 Å². The van der Waals surface area contributed by atoms with Crippen molar-refractivity contribution in [3.05, 3.63) is 0 Å². The molecule has 0 aromatic rings. The van der Waals surface area contributed by atoms with Gasteiger partial charge in [0.2, 0.25) is 5.91 Å². The summed E-state index contributed by atoms with van der Waals surface area (Å²) >= 11 is 0. The number of rotatable bonds is 14. The first-order chi connectivity index (χ1) is 10.8. The summed E-state index contributed by atoms with van der Waals surface area (Å²) in [6.07, 6.45) is 10.0. The van der Waals surface area contributed by atoms with Crippen molar-refractivity contribution < 1.29 is 27.7 Å². The zero-order chi connectivity index (χ0) is 17.7. The van der Waals surface area contributed by atoms with Crippen molar-refractivity contribution >= 4 is 22.0 Å². The highest BCUT2D eigenvalue weighted by atomic mass is 32.2. The lowest BCUT2D eigenvalue weighted by atomic mass is 10.1. The zero-order valence-electron chi connectivity index (χ0n) is 13.8. The number of carboxylic acids is 1. The van der Waals surface area contributed by atoms with Crippen LogP contribution in [0.5, 0.6) is 0 Å². The number of hydrogen-bond donors (Lipinski definition) is 3. The fourth-order valence-corrected chi connectivity index (χ4v) is 2.90. The molecule has 23 heavy (non-hydrogen) atoms. The Morgan fingerprint density at radius 1 is 0.957 bits per heavy atom. The smallest absolute Gasteiger partial charge is 0.327 e. The van der Waals surface area contributed by atoms with Crippen LogP contribution >= 0.6 is 0 Å². The third kappa shape index (κ3) is 14.2. The number of hydrogen-bond acceptors (Lipinski definition) is 4. The molecule has 0 aliphatic carbocycles. The number of nitrogens with one attached hydrogen (secondary N) is 1. The van der Waals surface area contributed by atoms with Gasteiger partial charge in [-0.2, -0.15) is 8.42 Å². The molecule has 1 unspecified atom stereocenters. The maximum Gasteiger partial charge on any atom is 0.327 e. The van der Waals surface area contributed by atoms with Gasteiger partial charge in [-0.05, 0) is 6.42 Å². The molecule has 0 aromatic carbocycles. The van der Waals surface area contributed by atoms with E-state index in [1.807, 2.05) is 0 Å². The Labute approximate surface area is 138 Å². The predicted molar refractivity (Wildman–Crippen MR) is 87.8 cm³/mol. The molecule has 0 aromatic heterocycles. The van der Waals surface area contributed by atoms with E-state index in [-0.39, 0.29) is 6.42 Å². The van der Waals surface area contributed by atoms with Crippen LogP contribution < -0.4 is 5.32 Å². The van der Waals surface area contributed by atoms with Crippen LogP contribution in [0.15, 0.2) is 0 Å². The third-order valence-corrected chi connectivity index (χ3v) is 4.27. The molecule has 0 saturated carbocycles. The molecule has 0 radical (unpaired) electrons. The molecule has 0 saturated heterocycles. The summed E-state index contributed by atoms with van der Waals surface area (Å²) in [4.78, 5) is 22.4. The van der Waals surface area contributed by atoms with Crippen LogP contribution in [0.4, 0.5) is 0 Å². The second-order valence-corrected chi connectivity index (χ2v) is 7.28. The number of carbonyl (C=O) groups excluding carboxylic acids is 1. The van der Waals surface area contributed by atoms with E-state index in [0.29, 0.717) is 6.42 Å². The molecule has 1 atom stereocenters. The lowest BCUT2D eigenvalue weighted by molar-refractivity contribution is -0.141. The summed E-state index contributed by atoms with van der Waals surface area (Å²) in [7, 11) is -4.45. The Bertz CT molecular complexity index is 449. The van der Waals surface area contributed by atoms with E-state index in [4.69, 9.17) is 9.66 Å². The van der Waals surface area contributed by atoms with Gasteiger partial charge in [0.15, 0.2) is 0 Å². The number of aliphatic carboxylic acids is 1. The van der Waals surface area contributed by atoms with E-state index in [1.165, 1.54) is 32.1 Å². The summed E-state index contributed by atoms with van der Waals surface area (Å²) in [6, 6.07) is -1.61. The number of amides is 1. The van der Waals surface area contributed by atoms with E-state index in [0.717, 1.165) is 19.3 Å². The molecule has 0 aliphatic rings. The number of carboxylic acid groups (broad SMARTS) is 1. The minimum absolute atomic E-state index is 0.158. The molecular formula is C15H29NO6S. The van der Waals surface area contributed by atoms with Crippen molar-refractivity contribution in [1.29, 1.82) is 0 Å². The van der Waals surface area contributed by atoms with Gasteiger partial charge in [0, 0.05) is 6.42 Å². The Kier molecular flexibility index (Phi) is 11.7. The molecule has 0 spiro atoms.